The minimum atomic E-state index is -0.648. The quantitative estimate of drug-likeness (QED) is 0.230. The SMILES string of the molecule is CCC(Cc1ccccc1-c1ccccc1)(C(=O)c1ccc(Cc2ccccc2C2CNCCO2)cc1)N(C)C. The molecule has 40 heavy (non-hydrogen) atoms. The second-order valence-electron chi connectivity index (χ2n) is 10.9. The number of hydrogen-bond donors (Lipinski definition) is 1. The number of ether oxygens (including phenoxy) is 1. The fourth-order valence-electron chi connectivity index (χ4n) is 5.97. The average molecular weight is 533 g/mol. The van der Waals surface area contributed by atoms with E-state index in [2.05, 4.69) is 102 Å². The Kier molecular flexibility index (Phi) is 8.91. The summed E-state index contributed by atoms with van der Waals surface area (Å²) in [7, 11) is 4.06. The van der Waals surface area contributed by atoms with Crippen molar-refractivity contribution in [2.75, 3.05) is 33.8 Å². The summed E-state index contributed by atoms with van der Waals surface area (Å²) in [6.45, 7) is 4.59. The van der Waals surface area contributed by atoms with E-state index in [-0.39, 0.29) is 11.9 Å². The van der Waals surface area contributed by atoms with Crippen LogP contribution in [0.15, 0.2) is 103 Å². The van der Waals surface area contributed by atoms with Gasteiger partial charge in [0.15, 0.2) is 5.78 Å². The molecule has 0 radical (unpaired) electrons. The van der Waals surface area contributed by atoms with Crippen LogP contribution in [0.3, 0.4) is 0 Å². The summed E-state index contributed by atoms with van der Waals surface area (Å²) in [6, 6.07) is 35.7. The smallest absolute Gasteiger partial charge is 0.183 e. The first kappa shape index (κ1) is 28.0. The highest BCUT2D eigenvalue weighted by atomic mass is 16.5. The normalized spacial score (nSPS) is 16.9. The Bertz CT molecular complexity index is 1410. The topological polar surface area (TPSA) is 41.6 Å². The molecule has 1 heterocycles. The van der Waals surface area contributed by atoms with Crippen LogP contribution in [-0.4, -0.2) is 50.0 Å². The standard InChI is InChI=1S/C36H40N2O2/c1-4-36(38(2)3,25-31-15-9-10-16-32(31)28-12-6-5-7-13-28)35(39)29-20-18-27(19-21-29)24-30-14-8-11-17-33(30)34-26-37-22-23-40-34/h5-21,34,37H,4,22-26H2,1-3H3. The monoisotopic (exact) mass is 532 g/mol. The summed E-state index contributed by atoms with van der Waals surface area (Å²) in [5, 5.41) is 3.44. The maximum atomic E-state index is 14.3. The largest absolute Gasteiger partial charge is 0.371 e. The highest BCUT2D eigenvalue weighted by molar-refractivity contribution is 6.03. The lowest BCUT2D eigenvalue weighted by Gasteiger charge is -2.38. The van der Waals surface area contributed by atoms with E-state index in [1.807, 2.05) is 32.3 Å². The zero-order valence-corrected chi connectivity index (χ0v) is 23.9. The first-order valence-electron chi connectivity index (χ1n) is 14.4. The summed E-state index contributed by atoms with van der Waals surface area (Å²) in [6.07, 6.45) is 2.24. The molecule has 0 amide bonds. The van der Waals surface area contributed by atoms with Gasteiger partial charge in [0.2, 0.25) is 0 Å². The van der Waals surface area contributed by atoms with Crippen molar-refractivity contribution in [2.24, 2.45) is 0 Å². The molecule has 5 rings (SSSR count). The lowest BCUT2D eigenvalue weighted by Crippen LogP contribution is -2.52. The first-order chi connectivity index (χ1) is 19.5. The lowest BCUT2D eigenvalue weighted by molar-refractivity contribution is 0.0272. The molecule has 1 aliphatic heterocycles. The van der Waals surface area contributed by atoms with E-state index in [9.17, 15) is 4.79 Å². The van der Waals surface area contributed by atoms with E-state index in [1.54, 1.807) is 0 Å². The van der Waals surface area contributed by atoms with Gasteiger partial charge < -0.3 is 10.1 Å². The molecule has 2 unspecified atom stereocenters. The molecule has 1 N–H and O–H groups in total. The minimum Gasteiger partial charge on any atom is -0.371 e. The van der Waals surface area contributed by atoms with Gasteiger partial charge in [-0.1, -0.05) is 110 Å². The number of benzene rings is 4. The first-order valence-corrected chi connectivity index (χ1v) is 14.4. The van der Waals surface area contributed by atoms with Gasteiger partial charge in [-0.3, -0.25) is 9.69 Å². The van der Waals surface area contributed by atoms with Crippen molar-refractivity contribution >= 4 is 5.78 Å². The third-order valence-corrected chi connectivity index (χ3v) is 8.39. The molecule has 1 fully saturated rings. The Hall–Kier alpha value is -3.57. The van der Waals surface area contributed by atoms with E-state index in [4.69, 9.17) is 4.74 Å². The van der Waals surface area contributed by atoms with E-state index in [1.165, 1.54) is 33.4 Å². The van der Waals surface area contributed by atoms with Crippen LogP contribution in [0.2, 0.25) is 0 Å². The van der Waals surface area contributed by atoms with Crippen LogP contribution in [0.1, 0.15) is 52.1 Å². The number of carbonyl (C=O) groups excluding carboxylic acids is 1. The zero-order chi connectivity index (χ0) is 28.0. The molecule has 4 nitrogen and oxygen atoms in total. The number of morpholine rings is 1. The number of nitrogens with zero attached hydrogens (tertiary/aromatic N) is 1. The molecule has 206 valence electrons. The van der Waals surface area contributed by atoms with Crippen molar-refractivity contribution < 1.29 is 9.53 Å². The molecule has 0 aromatic heterocycles. The van der Waals surface area contributed by atoms with Crippen LogP contribution in [0, 0.1) is 0 Å². The highest BCUT2D eigenvalue weighted by Crippen LogP contribution is 2.33. The van der Waals surface area contributed by atoms with E-state index < -0.39 is 5.54 Å². The predicted octanol–water partition coefficient (Wildman–Crippen LogP) is 6.74. The van der Waals surface area contributed by atoms with E-state index in [0.717, 1.165) is 31.7 Å². The second kappa shape index (κ2) is 12.7. The van der Waals surface area contributed by atoms with Crippen LogP contribution in [0.4, 0.5) is 0 Å². The molecule has 4 aromatic carbocycles. The average Bonchev–Trinajstić information content (AvgIpc) is 3.01. The number of Topliss-reactive ketones (excluding diaryl/α,β-unsaturated/α-hetero) is 1. The molecule has 0 aliphatic carbocycles. The molecule has 0 saturated carbocycles. The van der Waals surface area contributed by atoms with Crippen molar-refractivity contribution in [3.63, 3.8) is 0 Å². The molecule has 1 aliphatic rings. The van der Waals surface area contributed by atoms with Crippen LogP contribution in [-0.2, 0) is 17.6 Å². The summed E-state index contributed by atoms with van der Waals surface area (Å²) in [5.74, 6) is 0.163. The molecule has 4 heteroatoms. The van der Waals surface area contributed by atoms with Gasteiger partial charge in [-0.15, -0.1) is 0 Å². The molecule has 2 atom stereocenters. The summed E-state index contributed by atoms with van der Waals surface area (Å²) in [4.78, 5) is 16.4. The van der Waals surface area contributed by atoms with Gasteiger partial charge in [-0.05, 0) is 66.7 Å². The molecule has 0 spiro atoms. The van der Waals surface area contributed by atoms with Crippen molar-refractivity contribution in [2.45, 2.75) is 37.8 Å². The Labute approximate surface area is 239 Å². The maximum absolute atomic E-state index is 14.3. The van der Waals surface area contributed by atoms with Gasteiger partial charge in [0.1, 0.15) is 0 Å². The number of hydrogen-bond acceptors (Lipinski definition) is 4. The second-order valence-corrected chi connectivity index (χ2v) is 10.9. The maximum Gasteiger partial charge on any atom is 0.183 e. The van der Waals surface area contributed by atoms with Gasteiger partial charge in [0.05, 0.1) is 18.2 Å². The number of likely N-dealkylation sites (N-methyl/N-ethyl adjacent to an activating group) is 1. The van der Waals surface area contributed by atoms with Gasteiger partial charge >= 0.3 is 0 Å². The molecule has 0 bridgehead atoms. The number of ketones is 1. The van der Waals surface area contributed by atoms with Crippen molar-refractivity contribution in [3.8, 4) is 11.1 Å². The third kappa shape index (κ3) is 5.95. The molecule has 4 aromatic rings. The Morgan fingerprint density at radius 2 is 1.55 bits per heavy atom. The van der Waals surface area contributed by atoms with Gasteiger partial charge in [0.25, 0.3) is 0 Å². The summed E-state index contributed by atoms with van der Waals surface area (Å²) >= 11 is 0. The zero-order valence-electron chi connectivity index (χ0n) is 23.9. The van der Waals surface area contributed by atoms with Crippen LogP contribution >= 0.6 is 0 Å². The number of rotatable bonds is 10. The third-order valence-electron chi connectivity index (χ3n) is 8.39. The Morgan fingerprint density at radius 3 is 2.23 bits per heavy atom. The van der Waals surface area contributed by atoms with E-state index in [0.29, 0.717) is 12.8 Å². The molecular weight excluding hydrogens is 492 g/mol. The van der Waals surface area contributed by atoms with Crippen molar-refractivity contribution in [1.82, 2.24) is 10.2 Å². The lowest BCUT2D eigenvalue weighted by atomic mass is 9.78. The molecular formula is C36H40N2O2. The van der Waals surface area contributed by atoms with Gasteiger partial charge in [0, 0.05) is 18.7 Å². The highest BCUT2D eigenvalue weighted by Gasteiger charge is 2.40. The molecule has 1 saturated heterocycles. The van der Waals surface area contributed by atoms with Crippen LogP contribution in [0.5, 0.6) is 0 Å². The number of nitrogens with one attached hydrogen (secondary N) is 1. The van der Waals surface area contributed by atoms with E-state index >= 15 is 0 Å². The summed E-state index contributed by atoms with van der Waals surface area (Å²) in [5.41, 5.74) is 7.34. The fraction of sp³-hybridized carbons (Fsp3) is 0.306. The minimum absolute atomic E-state index is 0.0785. The fourth-order valence-corrected chi connectivity index (χ4v) is 5.97. The Morgan fingerprint density at radius 1 is 0.875 bits per heavy atom. The van der Waals surface area contributed by atoms with Crippen LogP contribution in [0.25, 0.3) is 11.1 Å². The van der Waals surface area contributed by atoms with Crippen LogP contribution < -0.4 is 5.32 Å². The van der Waals surface area contributed by atoms with Crippen molar-refractivity contribution in [1.29, 1.82) is 0 Å². The summed E-state index contributed by atoms with van der Waals surface area (Å²) < 4.78 is 6.04. The predicted molar refractivity (Wildman–Crippen MR) is 164 cm³/mol. The van der Waals surface area contributed by atoms with Crippen molar-refractivity contribution in [3.05, 3.63) is 131 Å². The Balaban J connectivity index is 1.40. The van der Waals surface area contributed by atoms with Gasteiger partial charge in [-0.2, -0.15) is 0 Å². The van der Waals surface area contributed by atoms with Gasteiger partial charge in [-0.25, -0.2) is 0 Å². The number of carbonyl (C=O) groups is 1.